The van der Waals surface area contributed by atoms with Crippen LogP contribution in [0.1, 0.15) is 25.7 Å². The Hall–Kier alpha value is -1.89. The Morgan fingerprint density at radius 2 is 2.15 bits per heavy atom. The molecule has 3 N–H and O–H groups in total. The van der Waals surface area contributed by atoms with E-state index >= 15 is 0 Å². The van der Waals surface area contributed by atoms with Crippen LogP contribution in [0.15, 0.2) is 12.1 Å². The number of nitro benzene ring substituents is 1. The van der Waals surface area contributed by atoms with Gasteiger partial charge >= 0.3 is 5.69 Å². The monoisotopic (exact) mass is 283 g/mol. The highest BCUT2D eigenvalue weighted by Gasteiger charge is 2.25. The van der Waals surface area contributed by atoms with Crippen molar-refractivity contribution in [3.8, 4) is 5.75 Å². The summed E-state index contributed by atoms with van der Waals surface area (Å²) in [6.45, 7) is 0. The average molecular weight is 283 g/mol. The van der Waals surface area contributed by atoms with Gasteiger partial charge in [-0.05, 0) is 12.8 Å². The van der Waals surface area contributed by atoms with Crippen molar-refractivity contribution < 1.29 is 14.1 Å². The Kier molecular flexibility index (Phi) is 4.39. The molecule has 1 aromatic rings. The van der Waals surface area contributed by atoms with Crippen molar-refractivity contribution in [1.82, 2.24) is 0 Å². The summed E-state index contributed by atoms with van der Waals surface area (Å²) >= 11 is 0. The van der Waals surface area contributed by atoms with Gasteiger partial charge in [0.25, 0.3) is 0 Å². The minimum absolute atomic E-state index is 0.0237. The minimum atomic E-state index is -0.671. The topological polar surface area (TPSA) is 90.4 Å². The number of hydrogen-bond acceptors (Lipinski definition) is 5. The standard InChI is InChI=1S/C13H18FN3O3/c1-20-13-7-11(8(14)6-12(13)17(18)19)16-10-5-3-2-4-9(10)15/h6-7,9-10,16H,2-5,15H2,1H3/t9-,10-/m1/s1. The van der Waals surface area contributed by atoms with E-state index in [0.717, 1.165) is 31.7 Å². The van der Waals surface area contributed by atoms with Crippen molar-refractivity contribution >= 4 is 11.4 Å². The predicted octanol–water partition coefficient (Wildman–Crippen LogP) is 2.42. The zero-order valence-electron chi connectivity index (χ0n) is 11.3. The quantitative estimate of drug-likeness (QED) is 0.654. The van der Waals surface area contributed by atoms with E-state index in [0.29, 0.717) is 0 Å². The fraction of sp³-hybridized carbons (Fsp3) is 0.538. The zero-order chi connectivity index (χ0) is 14.7. The highest BCUT2D eigenvalue weighted by atomic mass is 19.1. The van der Waals surface area contributed by atoms with E-state index in [-0.39, 0.29) is 29.2 Å². The number of nitrogens with zero attached hydrogens (tertiary/aromatic N) is 1. The number of halogens is 1. The van der Waals surface area contributed by atoms with Crippen LogP contribution in [-0.2, 0) is 0 Å². The molecule has 0 aliphatic heterocycles. The van der Waals surface area contributed by atoms with Crippen molar-refractivity contribution in [2.45, 2.75) is 37.8 Å². The van der Waals surface area contributed by atoms with E-state index in [9.17, 15) is 14.5 Å². The van der Waals surface area contributed by atoms with Crippen molar-refractivity contribution in [1.29, 1.82) is 0 Å². The molecule has 1 aliphatic rings. The third kappa shape index (κ3) is 2.98. The summed E-state index contributed by atoms with van der Waals surface area (Å²) in [6.07, 6.45) is 3.87. The Bertz CT molecular complexity index is 510. The molecule has 0 radical (unpaired) electrons. The fourth-order valence-corrected chi connectivity index (χ4v) is 2.50. The molecular formula is C13H18FN3O3. The smallest absolute Gasteiger partial charge is 0.313 e. The van der Waals surface area contributed by atoms with Gasteiger partial charge in [0.1, 0.15) is 0 Å². The van der Waals surface area contributed by atoms with E-state index in [1.165, 1.54) is 13.2 Å². The second kappa shape index (κ2) is 6.04. The Morgan fingerprint density at radius 1 is 1.45 bits per heavy atom. The maximum Gasteiger partial charge on any atom is 0.313 e. The molecule has 110 valence electrons. The molecule has 2 rings (SSSR count). The maximum absolute atomic E-state index is 13.9. The lowest BCUT2D eigenvalue weighted by Gasteiger charge is -2.30. The first-order valence-corrected chi connectivity index (χ1v) is 6.57. The van der Waals surface area contributed by atoms with Crippen LogP contribution in [0.4, 0.5) is 15.8 Å². The Balaban J connectivity index is 2.25. The molecule has 0 heterocycles. The first-order chi connectivity index (χ1) is 9.52. The summed E-state index contributed by atoms with van der Waals surface area (Å²) in [5.74, 6) is -0.640. The van der Waals surface area contributed by atoms with Gasteiger partial charge in [-0.15, -0.1) is 0 Å². The van der Waals surface area contributed by atoms with Gasteiger partial charge in [0.2, 0.25) is 0 Å². The summed E-state index contributed by atoms with van der Waals surface area (Å²) in [4.78, 5) is 10.1. The number of anilines is 1. The number of methoxy groups -OCH3 is 1. The van der Waals surface area contributed by atoms with Gasteiger partial charge in [-0.3, -0.25) is 10.1 Å². The van der Waals surface area contributed by atoms with Gasteiger partial charge in [0.05, 0.1) is 23.8 Å². The van der Waals surface area contributed by atoms with E-state index in [1.807, 2.05) is 0 Å². The molecule has 0 unspecified atom stereocenters. The van der Waals surface area contributed by atoms with Crippen LogP contribution in [0.25, 0.3) is 0 Å². The number of ether oxygens (including phenoxy) is 1. The zero-order valence-corrected chi connectivity index (χ0v) is 11.3. The van der Waals surface area contributed by atoms with Crippen LogP contribution in [0.2, 0.25) is 0 Å². The molecule has 0 aromatic heterocycles. The summed E-state index contributed by atoms with van der Waals surface area (Å²) in [7, 11) is 1.32. The van der Waals surface area contributed by atoms with Crippen LogP contribution in [0.3, 0.4) is 0 Å². The number of nitrogens with one attached hydrogen (secondary N) is 1. The lowest BCUT2D eigenvalue weighted by molar-refractivity contribution is -0.385. The molecule has 1 aliphatic carbocycles. The molecule has 0 spiro atoms. The van der Waals surface area contributed by atoms with Gasteiger partial charge in [0, 0.05) is 18.2 Å². The van der Waals surface area contributed by atoms with E-state index in [1.54, 1.807) is 0 Å². The fourth-order valence-electron chi connectivity index (χ4n) is 2.50. The van der Waals surface area contributed by atoms with Crippen molar-refractivity contribution in [3.05, 3.63) is 28.1 Å². The first-order valence-electron chi connectivity index (χ1n) is 6.57. The number of rotatable bonds is 4. The van der Waals surface area contributed by atoms with Crippen LogP contribution in [-0.4, -0.2) is 24.1 Å². The van der Waals surface area contributed by atoms with Crippen LogP contribution in [0, 0.1) is 15.9 Å². The summed E-state index contributed by atoms with van der Waals surface area (Å²) in [6, 6.07) is 2.12. The van der Waals surface area contributed by atoms with E-state index in [4.69, 9.17) is 10.5 Å². The number of benzene rings is 1. The molecule has 1 fully saturated rings. The van der Waals surface area contributed by atoms with Gasteiger partial charge in [-0.25, -0.2) is 4.39 Å². The third-order valence-corrected chi connectivity index (χ3v) is 3.63. The highest BCUT2D eigenvalue weighted by Crippen LogP contribution is 2.33. The summed E-state index contributed by atoms with van der Waals surface area (Å²) in [5, 5.41) is 13.8. The first kappa shape index (κ1) is 14.5. The second-order valence-electron chi connectivity index (χ2n) is 4.96. The van der Waals surface area contributed by atoms with E-state index < -0.39 is 10.7 Å². The van der Waals surface area contributed by atoms with Crippen molar-refractivity contribution in [2.75, 3.05) is 12.4 Å². The van der Waals surface area contributed by atoms with Crippen LogP contribution >= 0.6 is 0 Å². The average Bonchev–Trinajstić information content (AvgIpc) is 2.42. The summed E-state index contributed by atoms with van der Waals surface area (Å²) < 4.78 is 18.9. The number of nitro groups is 1. The van der Waals surface area contributed by atoms with Crippen molar-refractivity contribution in [3.63, 3.8) is 0 Å². The predicted molar refractivity (Wildman–Crippen MR) is 73.5 cm³/mol. The van der Waals surface area contributed by atoms with Crippen LogP contribution in [0.5, 0.6) is 5.75 Å². The van der Waals surface area contributed by atoms with Gasteiger partial charge < -0.3 is 15.8 Å². The molecule has 2 atom stereocenters. The molecule has 0 saturated heterocycles. The molecule has 6 nitrogen and oxygen atoms in total. The summed E-state index contributed by atoms with van der Waals surface area (Å²) in [5.41, 5.74) is 5.81. The second-order valence-corrected chi connectivity index (χ2v) is 4.96. The SMILES string of the molecule is COc1cc(N[C@@H]2CCCC[C@H]2N)c(F)cc1[N+](=O)[O-]. The van der Waals surface area contributed by atoms with Crippen LogP contribution < -0.4 is 15.8 Å². The van der Waals surface area contributed by atoms with Gasteiger partial charge in [-0.2, -0.15) is 0 Å². The number of nitrogens with two attached hydrogens (primary N) is 1. The Morgan fingerprint density at radius 3 is 2.75 bits per heavy atom. The molecule has 7 heteroatoms. The normalized spacial score (nSPS) is 22.4. The van der Waals surface area contributed by atoms with E-state index in [2.05, 4.69) is 5.32 Å². The highest BCUT2D eigenvalue weighted by molar-refractivity contribution is 5.59. The third-order valence-electron chi connectivity index (χ3n) is 3.63. The molecule has 1 saturated carbocycles. The maximum atomic E-state index is 13.9. The molecule has 0 amide bonds. The Labute approximate surface area is 116 Å². The molecular weight excluding hydrogens is 265 g/mol. The van der Waals surface area contributed by atoms with Crippen molar-refractivity contribution in [2.24, 2.45) is 5.73 Å². The minimum Gasteiger partial charge on any atom is -0.490 e. The lowest BCUT2D eigenvalue weighted by Crippen LogP contribution is -2.42. The van der Waals surface area contributed by atoms with Gasteiger partial charge in [0.15, 0.2) is 11.6 Å². The largest absolute Gasteiger partial charge is 0.490 e. The molecule has 1 aromatic carbocycles. The molecule has 20 heavy (non-hydrogen) atoms. The lowest BCUT2D eigenvalue weighted by atomic mass is 9.91. The number of hydrogen-bond donors (Lipinski definition) is 2. The van der Waals surface area contributed by atoms with Gasteiger partial charge in [-0.1, -0.05) is 12.8 Å². The molecule has 0 bridgehead atoms.